The Bertz CT molecular complexity index is 264. The molecule has 0 aromatic carbocycles. The van der Waals surface area contributed by atoms with Gasteiger partial charge in [0.15, 0.2) is 0 Å². The van der Waals surface area contributed by atoms with Crippen molar-refractivity contribution >= 4 is 11.8 Å². The monoisotopic (exact) mass is 243 g/mol. The summed E-state index contributed by atoms with van der Waals surface area (Å²) in [7, 11) is 0. The predicted molar refractivity (Wildman–Crippen MR) is 68.4 cm³/mol. The first-order valence-corrected chi connectivity index (χ1v) is 6.12. The van der Waals surface area contributed by atoms with Crippen molar-refractivity contribution < 1.29 is 9.59 Å². The maximum absolute atomic E-state index is 11.8. The molecular weight excluding hydrogens is 218 g/mol. The van der Waals surface area contributed by atoms with E-state index in [4.69, 9.17) is 5.73 Å². The second-order valence-corrected chi connectivity index (χ2v) is 4.97. The lowest BCUT2D eigenvalue weighted by molar-refractivity contribution is -0.124. The van der Waals surface area contributed by atoms with Gasteiger partial charge in [0, 0.05) is 12.0 Å². The Labute approximate surface area is 104 Å². The van der Waals surface area contributed by atoms with Crippen LogP contribution in [0.5, 0.6) is 0 Å². The Morgan fingerprint density at radius 3 is 2.41 bits per heavy atom. The van der Waals surface area contributed by atoms with Crippen molar-refractivity contribution in [3.8, 4) is 0 Å². The van der Waals surface area contributed by atoms with Crippen LogP contribution in [0.1, 0.15) is 47.0 Å². The Hall–Kier alpha value is -1.10. The molecule has 2 amide bonds. The number of rotatable bonds is 8. The van der Waals surface area contributed by atoms with Crippen LogP contribution in [0.4, 0.5) is 0 Å². The molecule has 4 N–H and O–H groups in total. The van der Waals surface area contributed by atoms with Crippen molar-refractivity contribution in [2.24, 2.45) is 5.73 Å². The van der Waals surface area contributed by atoms with Crippen LogP contribution in [0.3, 0.4) is 0 Å². The molecule has 1 atom stereocenters. The largest absolute Gasteiger partial charge is 0.370 e. The topological polar surface area (TPSA) is 84.2 Å². The van der Waals surface area contributed by atoms with Gasteiger partial charge in [0.2, 0.25) is 11.8 Å². The molecule has 0 saturated heterocycles. The molecule has 1 unspecified atom stereocenters. The molecule has 5 nitrogen and oxygen atoms in total. The zero-order chi connectivity index (χ0) is 13.5. The molecule has 0 aliphatic rings. The molecule has 0 saturated carbocycles. The number of nitrogens with one attached hydrogen (secondary N) is 2. The van der Waals surface area contributed by atoms with E-state index in [9.17, 15) is 9.59 Å². The molecule has 100 valence electrons. The summed E-state index contributed by atoms with van der Waals surface area (Å²) in [6.07, 6.45) is 1.89. The summed E-state index contributed by atoms with van der Waals surface area (Å²) in [5.74, 6) is -0.327. The quantitative estimate of drug-likeness (QED) is 0.544. The summed E-state index contributed by atoms with van der Waals surface area (Å²) in [4.78, 5) is 22.3. The van der Waals surface area contributed by atoms with E-state index in [0.717, 1.165) is 6.42 Å². The van der Waals surface area contributed by atoms with E-state index in [0.29, 0.717) is 19.4 Å². The molecule has 0 bridgehead atoms. The predicted octanol–water partition coefficient (Wildman–Crippen LogP) is 0.535. The van der Waals surface area contributed by atoms with Crippen LogP contribution in [0, 0.1) is 0 Å². The first kappa shape index (κ1) is 15.9. The molecule has 0 aliphatic carbocycles. The Balaban J connectivity index is 3.86. The van der Waals surface area contributed by atoms with Gasteiger partial charge in [-0.05, 0) is 40.2 Å². The van der Waals surface area contributed by atoms with Gasteiger partial charge in [-0.15, -0.1) is 0 Å². The van der Waals surface area contributed by atoms with Gasteiger partial charge < -0.3 is 16.4 Å². The van der Waals surface area contributed by atoms with Crippen molar-refractivity contribution in [2.45, 2.75) is 58.5 Å². The van der Waals surface area contributed by atoms with Gasteiger partial charge >= 0.3 is 0 Å². The number of primary amides is 1. The molecular formula is C12H25N3O2. The average Bonchev–Trinajstić information content (AvgIpc) is 2.23. The minimum Gasteiger partial charge on any atom is -0.370 e. The number of hydrogen-bond acceptors (Lipinski definition) is 3. The molecule has 5 heteroatoms. The summed E-state index contributed by atoms with van der Waals surface area (Å²) >= 11 is 0. The summed E-state index contributed by atoms with van der Waals surface area (Å²) in [6.45, 7) is 8.44. The maximum atomic E-state index is 11.8. The third-order valence-electron chi connectivity index (χ3n) is 2.79. The molecule has 0 aliphatic heterocycles. The van der Waals surface area contributed by atoms with Crippen LogP contribution in [-0.2, 0) is 9.59 Å². The Kier molecular flexibility index (Phi) is 6.80. The van der Waals surface area contributed by atoms with Crippen LogP contribution < -0.4 is 16.4 Å². The standard InChI is InChI=1S/C12H25N3O2/c1-5-12(3,4)15-11(17)9(2)14-8-6-7-10(13)16/h9,14H,5-8H2,1-4H3,(H2,13,16)(H,15,17). The fourth-order valence-electron chi connectivity index (χ4n) is 1.20. The lowest BCUT2D eigenvalue weighted by Crippen LogP contribution is -2.50. The summed E-state index contributed by atoms with van der Waals surface area (Å²) in [5.41, 5.74) is 4.84. The number of carbonyl (C=O) groups excluding carboxylic acids is 2. The van der Waals surface area contributed by atoms with Crippen LogP contribution in [-0.4, -0.2) is 29.9 Å². The zero-order valence-electron chi connectivity index (χ0n) is 11.3. The maximum Gasteiger partial charge on any atom is 0.237 e. The van der Waals surface area contributed by atoms with Crippen LogP contribution in [0.25, 0.3) is 0 Å². The van der Waals surface area contributed by atoms with E-state index in [1.54, 1.807) is 0 Å². The highest BCUT2D eigenvalue weighted by Gasteiger charge is 2.21. The fourth-order valence-corrected chi connectivity index (χ4v) is 1.20. The van der Waals surface area contributed by atoms with Gasteiger partial charge in [0.05, 0.1) is 6.04 Å². The highest BCUT2D eigenvalue weighted by Crippen LogP contribution is 2.06. The van der Waals surface area contributed by atoms with Crippen molar-refractivity contribution in [3.63, 3.8) is 0 Å². The summed E-state index contributed by atoms with van der Waals surface area (Å²) in [5, 5.41) is 6.03. The second-order valence-electron chi connectivity index (χ2n) is 4.97. The number of amides is 2. The van der Waals surface area contributed by atoms with Gasteiger partial charge in [-0.2, -0.15) is 0 Å². The molecule has 0 heterocycles. The van der Waals surface area contributed by atoms with Crippen molar-refractivity contribution in [2.75, 3.05) is 6.54 Å². The average molecular weight is 243 g/mol. The van der Waals surface area contributed by atoms with E-state index in [-0.39, 0.29) is 23.4 Å². The number of hydrogen-bond donors (Lipinski definition) is 3. The van der Waals surface area contributed by atoms with Crippen LogP contribution in [0.2, 0.25) is 0 Å². The first-order chi connectivity index (χ1) is 7.78. The van der Waals surface area contributed by atoms with Crippen molar-refractivity contribution in [1.29, 1.82) is 0 Å². The number of carbonyl (C=O) groups is 2. The highest BCUT2D eigenvalue weighted by atomic mass is 16.2. The van der Waals surface area contributed by atoms with Gasteiger partial charge in [-0.25, -0.2) is 0 Å². The molecule has 17 heavy (non-hydrogen) atoms. The fraction of sp³-hybridized carbons (Fsp3) is 0.833. The van der Waals surface area contributed by atoms with Crippen molar-refractivity contribution in [1.82, 2.24) is 10.6 Å². The molecule has 0 rings (SSSR count). The van der Waals surface area contributed by atoms with E-state index in [1.807, 2.05) is 27.7 Å². The van der Waals surface area contributed by atoms with E-state index in [1.165, 1.54) is 0 Å². The third kappa shape index (κ3) is 7.74. The SMILES string of the molecule is CCC(C)(C)NC(=O)C(C)NCCCC(N)=O. The van der Waals surface area contributed by atoms with Gasteiger partial charge in [0.1, 0.15) is 0 Å². The summed E-state index contributed by atoms with van der Waals surface area (Å²) in [6, 6.07) is -0.256. The minimum atomic E-state index is -0.309. The van der Waals surface area contributed by atoms with Gasteiger partial charge in [0.25, 0.3) is 0 Å². The smallest absolute Gasteiger partial charge is 0.237 e. The molecule has 0 aromatic heterocycles. The zero-order valence-corrected chi connectivity index (χ0v) is 11.3. The lowest BCUT2D eigenvalue weighted by Gasteiger charge is -2.26. The summed E-state index contributed by atoms with van der Waals surface area (Å²) < 4.78 is 0. The highest BCUT2D eigenvalue weighted by molar-refractivity contribution is 5.82. The third-order valence-corrected chi connectivity index (χ3v) is 2.79. The van der Waals surface area contributed by atoms with E-state index in [2.05, 4.69) is 10.6 Å². The van der Waals surface area contributed by atoms with Crippen LogP contribution in [0.15, 0.2) is 0 Å². The lowest BCUT2D eigenvalue weighted by atomic mass is 10.0. The molecule has 0 aromatic rings. The minimum absolute atomic E-state index is 0.0177. The Morgan fingerprint density at radius 1 is 1.35 bits per heavy atom. The molecule has 0 spiro atoms. The number of nitrogens with two attached hydrogens (primary N) is 1. The first-order valence-electron chi connectivity index (χ1n) is 6.12. The van der Waals surface area contributed by atoms with Gasteiger partial charge in [-0.1, -0.05) is 6.92 Å². The normalized spacial score (nSPS) is 13.2. The Morgan fingerprint density at radius 2 is 1.94 bits per heavy atom. The van der Waals surface area contributed by atoms with E-state index >= 15 is 0 Å². The molecule has 0 fully saturated rings. The molecule has 0 radical (unpaired) electrons. The van der Waals surface area contributed by atoms with E-state index < -0.39 is 0 Å². The van der Waals surface area contributed by atoms with Crippen LogP contribution >= 0.6 is 0 Å². The van der Waals surface area contributed by atoms with Gasteiger partial charge in [-0.3, -0.25) is 9.59 Å². The van der Waals surface area contributed by atoms with Crippen molar-refractivity contribution in [3.05, 3.63) is 0 Å². The second kappa shape index (κ2) is 7.27.